The Hall–Kier alpha value is -1.13. The highest BCUT2D eigenvalue weighted by molar-refractivity contribution is 5.85. The molecule has 5 heteroatoms. The van der Waals surface area contributed by atoms with Gasteiger partial charge in [-0.15, -0.1) is 12.4 Å². The van der Waals surface area contributed by atoms with Crippen LogP contribution < -0.4 is 5.73 Å². The number of nitrogens with zero attached hydrogens (tertiary/aromatic N) is 1. The van der Waals surface area contributed by atoms with Gasteiger partial charge in [0.05, 0.1) is 0 Å². The Morgan fingerprint density at radius 2 is 2.09 bits per heavy atom. The van der Waals surface area contributed by atoms with Crippen molar-refractivity contribution in [2.45, 2.75) is 57.0 Å². The Morgan fingerprint density at radius 3 is 2.78 bits per heavy atom. The molecule has 2 fully saturated rings. The van der Waals surface area contributed by atoms with Gasteiger partial charge in [0, 0.05) is 25.0 Å². The minimum Gasteiger partial charge on any atom is -0.339 e. The summed E-state index contributed by atoms with van der Waals surface area (Å²) in [5, 5.41) is 0. The predicted molar refractivity (Wildman–Crippen MR) is 92.0 cm³/mol. The van der Waals surface area contributed by atoms with Crippen LogP contribution in [0.25, 0.3) is 0 Å². The summed E-state index contributed by atoms with van der Waals surface area (Å²) >= 11 is 0. The number of hydrogen-bond donors (Lipinski definition) is 1. The highest BCUT2D eigenvalue weighted by Crippen LogP contribution is 2.29. The topological polar surface area (TPSA) is 46.3 Å². The molecule has 0 aromatic heterocycles. The molecule has 0 bridgehead atoms. The molecule has 1 aromatic rings. The monoisotopic (exact) mass is 340 g/mol. The van der Waals surface area contributed by atoms with Crippen molar-refractivity contribution in [1.82, 2.24) is 4.90 Å². The minimum atomic E-state index is -0.203. The summed E-state index contributed by atoms with van der Waals surface area (Å²) in [6, 6.07) is 7.12. The lowest BCUT2D eigenvalue weighted by molar-refractivity contribution is -0.133. The average Bonchev–Trinajstić information content (AvgIpc) is 3.09. The number of halogens is 2. The van der Waals surface area contributed by atoms with Crippen LogP contribution in [-0.4, -0.2) is 29.4 Å². The minimum absolute atomic E-state index is 0. The summed E-state index contributed by atoms with van der Waals surface area (Å²) in [5.41, 5.74) is 7.06. The number of nitrogens with two attached hydrogens (primary N) is 1. The molecule has 3 nitrogen and oxygen atoms in total. The van der Waals surface area contributed by atoms with E-state index in [2.05, 4.69) is 0 Å². The fourth-order valence-electron chi connectivity index (χ4n) is 3.97. The smallest absolute Gasteiger partial charge is 0.223 e. The molecule has 1 aromatic carbocycles. The molecule has 1 heterocycles. The van der Waals surface area contributed by atoms with E-state index in [0.29, 0.717) is 12.3 Å². The van der Waals surface area contributed by atoms with Crippen molar-refractivity contribution in [3.8, 4) is 0 Å². The number of likely N-dealkylation sites (tertiary alicyclic amines) is 1. The third-order valence-corrected chi connectivity index (χ3v) is 5.21. The highest BCUT2D eigenvalue weighted by Gasteiger charge is 2.32. The quantitative estimate of drug-likeness (QED) is 0.914. The molecule has 1 saturated carbocycles. The molecule has 1 saturated heterocycles. The van der Waals surface area contributed by atoms with Crippen LogP contribution in [0.1, 0.15) is 44.1 Å². The molecule has 2 aliphatic rings. The number of carbonyl (C=O) groups is 1. The van der Waals surface area contributed by atoms with Gasteiger partial charge in [0.1, 0.15) is 5.82 Å². The number of rotatable bonds is 4. The zero-order valence-corrected chi connectivity index (χ0v) is 14.2. The van der Waals surface area contributed by atoms with Gasteiger partial charge in [-0.25, -0.2) is 4.39 Å². The second-order valence-electron chi connectivity index (χ2n) is 6.78. The van der Waals surface area contributed by atoms with Crippen molar-refractivity contribution in [1.29, 1.82) is 0 Å². The zero-order chi connectivity index (χ0) is 15.5. The average molecular weight is 341 g/mol. The van der Waals surface area contributed by atoms with Gasteiger partial charge in [-0.1, -0.05) is 18.6 Å². The maximum absolute atomic E-state index is 13.3. The lowest BCUT2D eigenvalue weighted by Crippen LogP contribution is -2.39. The molecule has 3 rings (SSSR count). The molecule has 3 atom stereocenters. The van der Waals surface area contributed by atoms with Gasteiger partial charge < -0.3 is 10.6 Å². The molecule has 128 valence electrons. The normalized spacial score (nSPS) is 27.0. The number of amides is 1. The van der Waals surface area contributed by atoms with Gasteiger partial charge in [-0.2, -0.15) is 0 Å². The van der Waals surface area contributed by atoms with Gasteiger partial charge in [-0.05, 0) is 55.7 Å². The lowest BCUT2D eigenvalue weighted by atomic mass is 9.98. The van der Waals surface area contributed by atoms with Crippen LogP contribution in [0.3, 0.4) is 0 Å². The molecular weight excluding hydrogens is 315 g/mol. The van der Waals surface area contributed by atoms with E-state index < -0.39 is 0 Å². The highest BCUT2D eigenvalue weighted by atomic mass is 35.5. The van der Waals surface area contributed by atoms with E-state index in [1.54, 1.807) is 12.1 Å². The number of hydrogen-bond acceptors (Lipinski definition) is 2. The van der Waals surface area contributed by atoms with Gasteiger partial charge in [0.2, 0.25) is 5.91 Å². The van der Waals surface area contributed by atoms with Crippen LogP contribution in [0, 0.1) is 11.7 Å². The third-order valence-electron chi connectivity index (χ3n) is 5.21. The maximum Gasteiger partial charge on any atom is 0.223 e. The Balaban J connectivity index is 0.00000192. The van der Waals surface area contributed by atoms with E-state index in [9.17, 15) is 9.18 Å². The number of carbonyl (C=O) groups excluding carboxylic acids is 1. The summed E-state index contributed by atoms with van der Waals surface area (Å²) in [7, 11) is 0. The second kappa shape index (κ2) is 8.11. The third kappa shape index (κ3) is 4.45. The van der Waals surface area contributed by atoms with Crippen molar-refractivity contribution in [3.05, 3.63) is 35.6 Å². The molecular formula is C18H26ClFN2O. The van der Waals surface area contributed by atoms with E-state index in [1.807, 2.05) is 11.0 Å². The standard InChI is InChI=1S/C18H25FN2O.ClH/c19-15-6-1-4-13(10-15)11-16-7-3-9-21(16)18(22)12-14-5-2-8-17(14)20;/h1,4,6,10,14,16-17H,2-3,5,7-9,11-12,20H2;1H/t14-,16?,17+;/m0./s1. The summed E-state index contributed by atoms with van der Waals surface area (Å²) in [6.07, 6.45) is 6.66. The Morgan fingerprint density at radius 1 is 1.26 bits per heavy atom. The van der Waals surface area contributed by atoms with Crippen LogP contribution in [0.15, 0.2) is 24.3 Å². The van der Waals surface area contributed by atoms with E-state index in [4.69, 9.17) is 5.73 Å². The van der Waals surface area contributed by atoms with E-state index in [-0.39, 0.29) is 36.2 Å². The van der Waals surface area contributed by atoms with Crippen LogP contribution in [-0.2, 0) is 11.2 Å². The molecule has 23 heavy (non-hydrogen) atoms. The molecule has 0 spiro atoms. The van der Waals surface area contributed by atoms with Crippen molar-refractivity contribution in [2.75, 3.05) is 6.54 Å². The molecule has 2 N–H and O–H groups in total. The predicted octanol–water partition coefficient (Wildman–Crippen LogP) is 3.30. The maximum atomic E-state index is 13.3. The van der Waals surface area contributed by atoms with Gasteiger partial charge in [0.15, 0.2) is 0 Å². The van der Waals surface area contributed by atoms with Gasteiger partial charge in [0.25, 0.3) is 0 Å². The molecule has 1 aliphatic heterocycles. The van der Waals surface area contributed by atoms with Crippen molar-refractivity contribution in [2.24, 2.45) is 11.7 Å². The molecule has 1 unspecified atom stereocenters. The SMILES string of the molecule is Cl.N[C@@H]1CCC[C@H]1CC(=O)N1CCCC1Cc1cccc(F)c1. The van der Waals surface area contributed by atoms with Crippen LogP contribution in [0.4, 0.5) is 4.39 Å². The largest absolute Gasteiger partial charge is 0.339 e. The molecule has 0 radical (unpaired) electrons. The molecule has 1 amide bonds. The van der Waals surface area contributed by atoms with Crippen molar-refractivity contribution in [3.63, 3.8) is 0 Å². The first-order valence-electron chi connectivity index (χ1n) is 8.43. The number of benzene rings is 1. The van der Waals surface area contributed by atoms with Crippen LogP contribution in [0.5, 0.6) is 0 Å². The second-order valence-corrected chi connectivity index (χ2v) is 6.78. The van der Waals surface area contributed by atoms with Gasteiger partial charge in [-0.3, -0.25) is 4.79 Å². The van der Waals surface area contributed by atoms with Crippen LogP contribution >= 0.6 is 12.4 Å². The summed E-state index contributed by atoms with van der Waals surface area (Å²) in [5.74, 6) is 0.384. The summed E-state index contributed by atoms with van der Waals surface area (Å²) in [6.45, 7) is 0.834. The lowest BCUT2D eigenvalue weighted by Gasteiger charge is -2.27. The van der Waals surface area contributed by atoms with E-state index in [0.717, 1.165) is 50.6 Å². The van der Waals surface area contributed by atoms with Crippen molar-refractivity contribution >= 4 is 18.3 Å². The summed E-state index contributed by atoms with van der Waals surface area (Å²) < 4.78 is 13.3. The summed E-state index contributed by atoms with van der Waals surface area (Å²) in [4.78, 5) is 14.6. The first kappa shape index (κ1) is 18.2. The Kier molecular flexibility index (Phi) is 6.42. The fourth-order valence-corrected chi connectivity index (χ4v) is 3.97. The van der Waals surface area contributed by atoms with Crippen LogP contribution in [0.2, 0.25) is 0 Å². The first-order valence-corrected chi connectivity index (χ1v) is 8.43. The van der Waals surface area contributed by atoms with E-state index >= 15 is 0 Å². The Bertz CT molecular complexity index is 540. The van der Waals surface area contributed by atoms with Gasteiger partial charge >= 0.3 is 0 Å². The van der Waals surface area contributed by atoms with E-state index in [1.165, 1.54) is 6.07 Å². The molecule has 1 aliphatic carbocycles. The fraction of sp³-hybridized carbons (Fsp3) is 0.611. The Labute approximate surface area is 143 Å². The zero-order valence-electron chi connectivity index (χ0n) is 13.4. The van der Waals surface area contributed by atoms with Crippen molar-refractivity contribution < 1.29 is 9.18 Å². The first-order chi connectivity index (χ1) is 10.6.